The van der Waals surface area contributed by atoms with Crippen LogP contribution < -0.4 is 10.2 Å². The highest BCUT2D eigenvalue weighted by atomic mass is 16.5. The predicted octanol–water partition coefficient (Wildman–Crippen LogP) is 0.408. The van der Waals surface area contributed by atoms with E-state index >= 15 is 0 Å². The molecule has 2 amide bonds. The third-order valence-electron chi connectivity index (χ3n) is 4.05. The van der Waals surface area contributed by atoms with Crippen molar-refractivity contribution in [1.29, 1.82) is 0 Å². The Morgan fingerprint density at radius 1 is 1.27 bits per heavy atom. The van der Waals surface area contributed by atoms with Gasteiger partial charge in [0.05, 0.1) is 12.9 Å². The van der Waals surface area contributed by atoms with Crippen LogP contribution >= 0.6 is 0 Å². The molecule has 1 aliphatic rings. The van der Waals surface area contributed by atoms with E-state index in [0.29, 0.717) is 56.7 Å². The van der Waals surface area contributed by atoms with E-state index in [2.05, 4.69) is 15.3 Å². The first-order chi connectivity index (χ1) is 12.7. The number of anilines is 1. The summed E-state index contributed by atoms with van der Waals surface area (Å²) < 4.78 is 10.1. The number of piperazine rings is 1. The van der Waals surface area contributed by atoms with Crippen LogP contribution in [0.1, 0.15) is 21.0 Å². The summed E-state index contributed by atoms with van der Waals surface area (Å²) in [5.74, 6) is 0.429. The highest BCUT2D eigenvalue weighted by molar-refractivity contribution is 5.92. The van der Waals surface area contributed by atoms with Gasteiger partial charge in [-0.25, -0.2) is 9.97 Å². The second kappa shape index (κ2) is 8.43. The largest absolute Gasteiger partial charge is 0.459 e. The molecule has 0 bridgehead atoms. The molecule has 0 unspecified atom stereocenters. The average molecular weight is 359 g/mol. The van der Waals surface area contributed by atoms with Crippen molar-refractivity contribution in [3.05, 3.63) is 42.1 Å². The maximum absolute atomic E-state index is 12.3. The van der Waals surface area contributed by atoms with E-state index in [1.807, 2.05) is 4.90 Å². The molecule has 26 heavy (non-hydrogen) atoms. The predicted molar refractivity (Wildman–Crippen MR) is 93.1 cm³/mol. The second-order valence-electron chi connectivity index (χ2n) is 5.75. The van der Waals surface area contributed by atoms with Gasteiger partial charge in [-0.05, 0) is 18.2 Å². The number of hydrogen-bond donors (Lipinski definition) is 1. The molecule has 2 aromatic heterocycles. The Labute approximate surface area is 151 Å². The summed E-state index contributed by atoms with van der Waals surface area (Å²) in [4.78, 5) is 36.7. The number of carbonyl (C=O) groups is 2. The van der Waals surface area contributed by atoms with Gasteiger partial charge in [0.1, 0.15) is 5.69 Å². The van der Waals surface area contributed by atoms with Crippen LogP contribution in [-0.4, -0.2) is 73.1 Å². The van der Waals surface area contributed by atoms with Gasteiger partial charge in [0.15, 0.2) is 5.76 Å². The van der Waals surface area contributed by atoms with Crippen molar-refractivity contribution in [2.75, 3.05) is 51.3 Å². The van der Waals surface area contributed by atoms with Gasteiger partial charge in [-0.3, -0.25) is 9.59 Å². The lowest BCUT2D eigenvalue weighted by atomic mass is 10.3. The van der Waals surface area contributed by atoms with Crippen molar-refractivity contribution < 1.29 is 18.7 Å². The standard InChI is InChI=1S/C17H21N5O4/c1-25-12-6-18-15(23)13-4-5-19-17(20-13)22-9-7-21(8-10-22)16(24)14-3-2-11-26-14/h2-5,11H,6-10,12H2,1H3,(H,18,23). The van der Waals surface area contributed by atoms with Crippen molar-refractivity contribution in [3.8, 4) is 0 Å². The Balaban J connectivity index is 1.58. The first kappa shape index (κ1) is 17.9. The summed E-state index contributed by atoms with van der Waals surface area (Å²) >= 11 is 0. The lowest BCUT2D eigenvalue weighted by Crippen LogP contribution is -2.49. The highest BCUT2D eigenvalue weighted by Crippen LogP contribution is 2.14. The zero-order valence-electron chi connectivity index (χ0n) is 14.6. The Morgan fingerprint density at radius 2 is 2.08 bits per heavy atom. The van der Waals surface area contributed by atoms with Crippen molar-refractivity contribution in [1.82, 2.24) is 20.2 Å². The van der Waals surface area contributed by atoms with Crippen LogP contribution in [0.25, 0.3) is 0 Å². The molecular weight excluding hydrogens is 338 g/mol. The number of ether oxygens (including phenoxy) is 1. The van der Waals surface area contributed by atoms with Gasteiger partial charge in [-0.1, -0.05) is 0 Å². The number of nitrogens with zero attached hydrogens (tertiary/aromatic N) is 4. The Bertz CT molecular complexity index is 741. The zero-order valence-corrected chi connectivity index (χ0v) is 14.6. The molecule has 1 saturated heterocycles. The number of furan rings is 1. The summed E-state index contributed by atoms with van der Waals surface area (Å²) in [6, 6.07) is 4.92. The normalized spacial score (nSPS) is 14.3. The molecule has 1 N–H and O–H groups in total. The fraction of sp³-hybridized carbons (Fsp3) is 0.412. The fourth-order valence-corrected chi connectivity index (χ4v) is 2.65. The first-order valence-electron chi connectivity index (χ1n) is 8.37. The Morgan fingerprint density at radius 3 is 2.77 bits per heavy atom. The number of carbonyl (C=O) groups excluding carboxylic acids is 2. The minimum absolute atomic E-state index is 0.123. The molecular formula is C17H21N5O4. The van der Waals surface area contributed by atoms with Crippen LogP contribution in [0, 0.1) is 0 Å². The lowest BCUT2D eigenvalue weighted by molar-refractivity contribution is 0.0714. The van der Waals surface area contributed by atoms with Gasteiger partial charge in [0.25, 0.3) is 11.8 Å². The first-order valence-corrected chi connectivity index (χ1v) is 8.37. The molecule has 2 aromatic rings. The lowest BCUT2D eigenvalue weighted by Gasteiger charge is -2.34. The minimum Gasteiger partial charge on any atom is -0.459 e. The van der Waals surface area contributed by atoms with Crippen LogP contribution in [0.4, 0.5) is 5.95 Å². The molecule has 0 saturated carbocycles. The van der Waals surface area contributed by atoms with Crippen LogP contribution in [0.2, 0.25) is 0 Å². The molecule has 9 nitrogen and oxygen atoms in total. The van der Waals surface area contributed by atoms with Gasteiger partial charge in [0, 0.05) is 46.0 Å². The van der Waals surface area contributed by atoms with E-state index in [9.17, 15) is 9.59 Å². The van der Waals surface area contributed by atoms with Crippen molar-refractivity contribution in [2.24, 2.45) is 0 Å². The molecule has 3 heterocycles. The third kappa shape index (κ3) is 4.17. The molecule has 0 aliphatic carbocycles. The molecule has 1 aliphatic heterocycles. The smallest absolute Gasteiger partial charge is 0.289 e. The topological polar surface area (TPSA) is 101 Å². The van der Waals surface area contributed by atoms with Gasteiger partial charge in [0.2, 0.25) is 5.95 Å². The monoisotopic (exact) mass is 359 g/mol. The maximum atomic E-state index is 12.3. The summed E-state index contributed by atoms with van der Waals surface area (Å²) in [5.41, 5.74) is 0.306. The number of methoxy groups -OCH3 is 1. The summed E-state index contributed by atoms with van der Waals surface area (Å²) in [6.07, 6.45) is 3.05. The van der Waals surface area contributed by atoms with Gasteiger partial charge >= 0.3 is 0 Å². The van der Waals surface area contributed by atoms with Crippen molar-refractivity contribution in [3.63, 3.8) is 0 Å². The number of rotatable bonds is 6. The summed E-state index contributed by atoms with van der Waals surface area (Å²) in [5, 5.41) is 2.73. The summed E-state index contributed by atoms with van der Waals surface area (Å²) in [6.45, 7) is 3.10. The molecule has 0 aromatic carbocycles. The van der Waals surface area contributed by atoms with Crippen LogP contribution in [0.5, 0.6) is 0 Å². The van der Waals surface area contributed by atoms with Gasteiger partial charge in [-0.15, -0.1) is 0 Å². The molecule has 1 fully saturated rings. The van der Waals surface area contributed by atoms with E-state index in [0.717, 1.165) is 0 Å². The molecule has 138 valence electrons. The minimum atomic E-state index is -0.266. The van der Waals surface area contributed by atoms with Gasteiger partial charge < -0.3 is 24.3 Å². The number of aromatic nitrogens is 2. The zero-order chi connectivity index (χ0) is 18.4. The molecule has 3 rings (SSSR count). The second-order valence-corrected chi connectivity index (χ2v) is 5.75. The van der Waals surface area contributed by atoms with Crippen LogP contribution in [0.15, 0.2) is 35.1 Å². The van der Waals surface area contributed by atoms with Crippen LogP contribution in [-0.2, 0) is 4.74 Å². The SMILES string of the molecule is COCCNC(=O)c1ccnc(N2CCN(C(=O)c3ccco3)CC2)n1. The molecule has 0 atom stereocenters. The van der Waals surface area contributed by atoms with E-state index in [1.54, 1.807) is 36.4 Å². The molecule has 0 radical (unpaired) electrons. The molecule has 9 heteroatoms. The number of nitrogens with one attached hydrogen (secondary N) is 1. The van der Waals surface area contributed by atoms with Gasteiger partial charge in [-0.2, -0.15) is 0 Å². The van der Waals surface area contributed by atoms with E-state index in [4.69, 9.17) is 9.15 Å². The van der Waals surface area contributed by atoms with Crippen molar-refractivity contribution in [2.45, 2.75) is 0 Å². The maximum Gasteiger partial charge on any atom is 0.289 e. The Kier molecular flexibility index (Phi) is 5.80. The van der Waals surface area contributed by atoms with E-state index < -0.39 is 0 Å². The average Bonchev–Trinajstić information content (AvgIpc) is 3.22. The quantitative estimate of drug-likeness (QED) is 0.746. The fourth-order valence-electron chi connectivity index (χ4n) is 2.65. The number of amides is 2. The highest BCUT2D eigenvalue weighted by Gasteiger charge is 2.25. The molecule has 0 spiro atoms. The third-order valence-corrected chi connectivity index (χ3v) is 4.05. The number of hydrogen-bond acceptors (Lipinski definition) is 7. The summed E-state index contributed by atoms with van der Waals surface area (Å²) in [7, 11) is 1.57. The van der Waals surface area contributed by atoms with Crippen molar-refractivity contribution >= 4 is 17.8 Å². The van der Waals surface area contributed by atoms with Crippen LogP contribution in [0.3, 0.4) is 0 Å². The Hall–Kier alpha value is -2.94. The van der Waals surface area contributed by atoms with E-state index in [-0.39, 0.29) is 11.8 Å². The van der Waals surface area contributed by atoms with E-state index in [1.165, 1.54) is 6.26 Å².